The number of rotatable bonds is 9. The first-order valence-electron chi connectivity index (χ1n) is 5.18. The van der Waals surface area contributed by atoms with Gasteiger partial charge in [-0.2, -0.15) is 0 Å². The normalized spacial score (nSPS) is 9.40. The van der Waals surface area contributed by atoms with E-state index < -0.39 is 5.97 Å². The fraction of sp³-hybridized carbons (Fsp3) is 0.727. The molecule has 0 fully saturated rings. The van der Waals surface area contributed by atoms with Gasteiger partial charge >= 0.3 is 5.97 Å². The molecule has 0 unspecified atom stereocenters. The monoisotopic (exact) mass is 309 g/mol. The molecule has 0 heterocycles. The van der Waals surface area contributed by atoms with Gasteiger partial charge in [-0.25, -0.2) is 4.39 Å². The van der Waals surface area contributed by atoms with Gasteiger partial charge in [-0.3, -0.25) is 4.79 Å². The Labute approximate surface area is 106 Å². The molecule has 0 spiro atoms. The van der Waals surface area contributed by atoms with E-state index in [2.05, 4.69) is 6.58 Å². The van der Waals surface area contributed by atoms with Crippen LogP contribution in [-0.2, 0) is 27.2 Å². The molecular formula is C11H19AgFO2. The fourth-order valence-electron chi connectivity index (χ4n) is 1.30. The summed E-state index contributed by atoms with van der Waals surface area (Å²) in [4.78, 5) is 10.2. The quantitative estimate of drug-likeness (QED) is 0.521. The Morgan fingerprint density at radius 3 is 1.80 bits per heavy atom. The Morgan fingerprint density at radius 2 is 1.40 bits per heavy atom. The van der Waals surface area contributed by atoms with Crippen LogP contribution in [0.15, 0.2) is 12.4 Å². The van der Waals surface area contributed by atoms with Crippen LogP contribution in [-0.4, -0.2) is 11.1 Å². The molecule has 2 nitrogen and oxygen atoms in total. The summed E-state index contributed by atoms with van der Waals surface area (Å²) >= 11 is 0. The van der Waals surface area contributed by atoms with Gasteiger partial charge in [0.1, 0.15) is 0 Å². The average molecular weight is 310 g/mol. The number of halogens is 1. The number of carbonyl (C=O) groups is 1. The first kappa shape index (κ1) is 17.3. The van der Waals surface area contributed by atoms with Crippen molar-refractivity contribution in [3.63, 3.8) is 0 Å². The summed E-state index contributed by atoms with van der Waals surface area (Å²) in [5, 5.41) is 8.36. The maximum atomic E-state index is 12.2. The van der Waals surface area contributed by atoms with E-state index in [0.29, 0.717) is 6.42 Å². The van der Waals surface area contributed by atoms with E-state index in [4.69, 9.17) is 5.11 Å². The van der Waals surface area contributed by atoms with Gasteiger partial charge in [-0.15, -0.1) is 0 Å². The Balaban J connectivity index is 0. The van der Waals surface area contributed by atoms with E-state index in [9.17, 15) is 9.18 Å². The third kappa shape index (κ3) is 16.5. The second-order valence-electron chi connectivity index (χ2n) is 3.53. The SMILES string of the molecule is C=C(F)CCCCCCCCC(=O)O.[Ag]. The van der Waals surface area contributed by atoms with E-state index in [-0.39, 0.29) is 34.6 Å². The molecule has 4 heteroatoms. The molecule has 0 saturated heterocycles. The van der Waals surface area contributed by atoms with E-state index in [0.717, 1.165) is 38.5 Å². The van der Waals surface area contributed by atoms with Crippen LogP contribution in [0.4, 0.5) is 4.39 Å². The summed E-state index contributed by atoms with van der Waals surface area (Å²) in [5.74, 6) is -0.963. The maximum Gasteiger partial charge on any atom is 0.303 e. The van der Waals surface area contributed by atoms with Gasteiger partial charge in [0.05, 0.1) is 5.83 Å². The molecule has 0 aliphatic heterocycles. The third-order valence-corrected chi connectivity index (χ3v) is 2.09. The van der Waals surface area contributed by atoms with Crippen molar-refractivity contribution in [2.75, 3.05) is 0 Å². The molecule has 93 valence electrons. The predicted octanol–water partition coefficient (Wildman–Crippen LogP) is 3.67. The molecule has 0 atom stereocenters. The summed E-state index contributed by atoms with van der Waals surface area (Å²) in [7, 11) is 0. The van der Waals surface area contributed by atoms with Crippen LogP contribution < -0.4 is 0 Å². The van der Waals surface area contributed by atoms with Crippen molar-refractivity contribution in [3.05, 3.63) is 12.4 Å². The molecule has 15 heavy (non-hydrogen) atoms. The number of aliphatic carboxylic acids is 1. The maximum absolute atomic E-state index is 12.2. The molecule has 1 N–H and O–H groups in total. The molecule has 0 saturated carbocycles. The molecule has 0 aromatic heterocycles. The van der Waals surface area contributed by atoms with Gasteiger partial charge in [0.25, 0.3) is 0 Å². The van der Waals surface area contributed by atoms with Gasteiger partial charge in [-0.1, -0.05) is 32.3 Å². The van der Waals surface area contributed by atoms with Crippen LogP contribution in [0.25, 0.3) is 0 Å². The van der Waals surface area contributed by atoms with Crippen LogP contribution in [0.5, 0.6) is 0 Å². The number of carboxylic acid groups (broad SMARTS) is 1. The average Bonchev–Trinajstić information content (AvgIpc) is 2.08. The largest absolute Gasteiger partial charge is 0.481 e. The first-order chi connectivity index (χ1) is 6.63. The molecule has 0 bridgehead atoms. The minimum absolute atomic E-state index is 0. The number of carboxylic acids is 1. The van der Waals surface area contributed by atoms with Gasteiger partial charge in [0.2, 0.25) is 0 Å². The molecule has 0 aliphatic carbocycles. The minimum Gasteiger partial charge on any atom is -0.481 e. The van der Waals surface area contributed by atoms with Gasteiger partial charge < -0.3 is 5.11 Å². The standard InChI is InChI=1S/C11H19FO2.Ag/c1-10(12)8-6-4-2-3-5-7-9-11(13)14;/h1-9H2,(H,13,14);. The topological polar surface area (TPSA) is 37.3 Å². The second kappa shape index (κ2) is 12.0. The Hall–Kier alpha value is -0.120. The smallest absolute Gasteiger partial charge is 0.303 e. The second-order valence-corrected chi connectivity index (χ2v) is 3.53. The van der Waals surface area contributed by atoms with Crippen LogP contribution >= 0.6 is 0 Å². The fourth-order valence-corrected chi connectivity index (χ4v) is 1.30. The zero-order valence-electron chi connectivity index (χ0n) is 8.90. The Kier molecular flexibility index (Phi) is 13.8. The van der Waals surface area contributed by atoms with Crippen LogP contribution in [0.3, 0.4) is 0 Å². The van der Waals surface area contributed by atoms with Crippen molar-refractivity contribution in [2.45, 2.75) is 51.4 Å². The molecule has 0 aromatic carbocycles. The molecular weight excluding hydrogens is 291 g/mol. The number of hydrogen-bond acceptors (Lipinski definition) is 1. The zero-order valence-corrected chi connectivity index (χ0v) is 10.4. The number of allylic oxidation sites excluding steroid dienone is 1. The summed E-state index contributed by atoms with van der Waals surface area (Å²) in [5.41, 5.74) is 0. The minimum atomic E-state index is -0.723. The van der Waals surface area contributed by atoms with Crippen LogP contribution in [0.2, 0.25) is 0 Å². The summed E-state index contributed by atoms with van der Waals surface area (Å²) in [6, 6.07) is 0. The first-order valence-corrected chi connectivity index (χ1v) is 5.18. The van der Waals surface area contributed by atoms with Crippen LogP contribution in [0, 0.1) is 0 Å². The summed E-state index contributed by atoms with van der Waals surface area (Å²) in [6.07, 6.45) is 6.42. The van der Waals surface area contributed by atoms with E-state index >= 15 is 0 Å². The summed E-state index contributed by atoms with van der Waals surface area (Å²) in [6.45, 7) is 3.19. The Morgan fingerprint density at radius 1 is 1.00 bits per heavy atom. The molecule has 1 radical (unpaired) electrons. The summed E-state index contributed by atoms with van der Waals surface area (Å²) < 4.78 is 12.2. The van der Waals surface area contributed by atoms with Crippen molar-refractivity contribution < 1.29 is 36.7 Å². The van der Waals surface area contributed by atoms with Gasteiger partial charge in [0, 0.05) is 28.8 Å². The molecule has 0 aromatic rings. The van der Waals surface area contributed by atoms with Crippen molar-refractivity contribution >= 4 is 5.97 Å². The van der Waals surface area contributed by atoms with Crippen LogP contribution in [0.1, 0.15) is 51.4 Å². The van der Waals surface area contributed by atoms with E-state index in [1.54, 1.807) is 0 Å². The van der Waals surface area contributed by atoms with Gasteiger partial charge in [-0.05, 0) is 19.3 Å². The Bertz CT molecular complexity index is 163. The van der Waals surface area contributed by atoms with Gasteiger partial charge in [0.15, 0.2) is 0 Å². The van der Waals surface area contributed by atoms with Crippen molar-refractivity contribution in [3.8, 4) is 0 Å². The predicted molar refractivity (Wildman–Crippen MR) is 54.8 cm³/mol. The zero-order chi connectivity index (χ0) is 10.8. The molecule has 0 amide bonds. The van der Waals surface area contributed by atoms with Crippen molar-refractivity contribution in [1.82, 2.24) is 0 Å². The van der Waals surface area contributed by atoms with Crippen molar-refractivity contribution in [2.24, 2.45) is 0 Å². The third-order valence-electron chi connectivity index (χ3n) is 2.09. The van der Waals surface area contributed by atoms with E-state index in [1.807, 2.05) is 0 Å². The van der Waals surface area contributed by atoms with Crippen molar-refractivity contribution in [1.29, 1.82) is 0 Å². The van der Waals surface area contributed by atoms with E-state index in [1.165, 1.54) is 0 Å². The molecule has 0 rings (SSSR count). The molecule has 0 aliphatic rings. The number of hydrogen-bond donors (Lipinski definition) is 1. The number of unbranched alkanes of at least 4 members (excludes halogenated alkanes) is 5.